The van der Waals surface area contributed by atoms with Gasteiger partial charge in [0.1, 0.15) is 0 Å². The minimum Gasteiger partial charge on any atom is -0.452 e. The van der Waals surface area contributed by atoms with E-state index in [0.29, 0.717) is 12.1 Å². The Morgan fingerprint density at radius 3 is 2.28 bits per heavy atom. The molecule has 0 aromatic heterocycles. The van der Waals surface area contributed by atoms with E-state index in [9.17, 15) is 19.2 Å². The number of nitrogens with one attached hydrogen (secondary N) is 3. The van der Waals surface area contributed by atoms with Crippen LogP contribution in [0.4, 0.5) is 10.5 Å². The Morgan fingerprint density at radius 1 is 0.931 bits per heavy atom. The highest BCUT2D eigenvalue weighted by atomic mass is 16.5. The third kappa shape index (κ3) is 7.10. The van der Waals surface area contributed by atoms with Crippen molar-refractivity contribution < 1.29 is 23.9 Å². The van der Waals surface area contributed by atoms with Gasteiger partial charge >= 0.3 is 12.0 Å². The maximum Gasteiger partial charge on any atom is 0.340 e. The Bertz CT molecular complexity index is 881. The lowest BCUT2D eigenvalue weighted by Crippen LogP contribution is -2.42. The number of rotatable bonds is 7. The van der Waals surface area contributed by atoms with Crippen LogP contribution in [0.2, 0.25) is 0 Å². The molecule has 0 spiro atoms. The third-order valence-electron chi connectivity index (χ3n) is 3.69. The van der Waals surface area contributed by atoms with E-state index in [1.165, 1.54) is 6.07 Å². The van der Waals surface area contributed by atoms with Gasteiger partial charge in [-0.2, -0.15) is 0 Å². The highest BCUT2D eigenvalue weighted by molar-refractivity contribution is 6.08. The fourth-order valence-corrected chi connectivity index (χ4v) is 2.27. The van der Waals surface area contributed by atoms with E-state index in [1.807, 2.05) is 13.8 Å². The molecule has 2 aromatic rings. The summed E-state index contributed by atoms with van der Waals surface area (Å²) in [7, 11) is 0. The van der Waals surface area contributed by atoms with Crippen LogP contribution < -0.4 is 16.0 Å². The lowest BCUT2D eigenvalue weighted by atomic mass is 10.1. The van der Waals surface area contributed by atoms with E-state index in [4.69, 9.17) is 4.74 Å². The molecule has 2 rings (SSSR count). The highest BCUT2D eigenvalue weighted by Crippen LogP contribution is 2.17. The van der Waals surface area contributed by atoms with Crippen LogP contribution in [-0.2, 0) is 9.53 Å². The molecule has 0 aliphatic heterocycles. The van der Waals surface area contributed by atoms with Crippen LogP contribution in [-0.4, -0.2) is 37.0 Å². The summed E-state index contributed by atoms with van der Waals surface area (Å²) in [6.45, 7) is 3.61. The highest BCUT2D eigenvalue weighted by Gasteiger charge is 2.17. The van der Waals surface area contributed by atoms with Gasteiger partial charge in [-0.25, -0.2) is 9.59 Å². The molecule has 152 valence electrons. The molecule has 0 radical (unpaired) electrons. The first-order valence-corrected chi connectivity index (χ1v) is 9.07. The zero-order chi connectivity index (χ0) is 21.2. The molecule has 8 heteroatoms. The molecule has 0 bridgehead atoms. The fraction of sp³-hybridized carbons (Fsp3) is 0.238. The molecule has 8 nitrogen and oxygen atoms in total. The van der Waals surface area contributed by atoms with Crippen LogP contribution in [0.25, 0.3) is 0 Å². The number of hydrogen-bond donors (Lipinski definition) is 3. The van der Waals surface area contributed by atoms with Gasteiger partial charge in [0.05, 0.1) is 11.3 Å². The summed E-state index contributed by atoms with van der Waals surface area (Å²) in [6, 6.07) is 14.2. The van der Waals surface area contributed by atoms with Crippen LogP contribution in [0.5, 0.6) is 0 Å². The predicted octanol–water partition coefficient (Wildman–Crippen LogP) is 2.58. The molecular formula is C21H23N3O5. The maximum atomic E-state index is 12.3. The Hall–Kier alpha value is -3.68. The summed E-state index contributed by atoms with van der Waals surface area (Å²) < 4.78 is 4.96. The maximum absolute atomic E-state index is 12.3. The Balaban J connectivity index is 1.93. The van der Waals surface area contributed by atoms with Gasteiger partial charge in [-0.05, 0) is 30.2 Å². The van der Waals surface area contributed by atoms with Gasteiger partial charge in [0, 0.05) is 12.1 Å². The predicted molar refractivity (Wildman–Crippen MR) is 107 cm³/mol. The number of esters is 1. The van der Waals surface area contributed by atoms with Crippen LogP contribution in [0.15, 0.2) is 54.6 Å². The summed E-state index contributed by atoms with van der Waals surface area (Å²) in [4.78, 5) is 48.0. The van der Waals surface area contributed by atoms with E-state index in [0.717, 1.165) is 0 Å². The second-order valence-electron chi connectivity index (χ2n) is 6.59. The van der Waals surface area contributed by atoms with Crippen molar-refractivity contribution in [3.8, 4) is 0 Å². The van der Waals surface area contributed by atoms with Gasteiger partial charge in [-0.3, -0.25) is 14.9 Å². The minimum absolute atomic E-state index is 0.0915. The van der Waals surface area contributed by atoms with E-state index in [-0.39, 0.29) is 23.1 Å². The summed E-state index contributed by atoms with van der Waals surface area (Å²) in [5, 5.41) is 7.24. The van der Waals surface area contributed by atoms with Gasteiger partial charge in [0.25, 0.3) is 11.8 Å². The second-order valence-corrected chi connectivity index (χ2v) is 6.59. The lowest BCUT2D eigenvalue weighted by molar-refractivity contribution is -0.123. The lowest BCUT2D eigenvalue weighted by Gasteiger charge is -2.11. The zero-order valence-corrected chi connectivity index (χ0v) is 16.2. The van der Waals surface area contributed by atoms with Gasteiger partial charge in [-0.1, -0.05) is 44.2 Å². The van der Waals surface area contributed by atoms with Crippen LogP contribution >= 0.6 is 0 Å². The molecule has 0 unspecified atom stereocenters. The molecule has 0 fully saturated rings. The molecule has 2 aromatic carbocycles. The number of urea groups is 1. The van der Waals surface area contributed by atoms with Gasteiger partial charge < -0.3 is 15.4 Å². The monoisotopic (exact) mass is 397 g/mol. The molecule has 0 heterocycles. The molecule has 0 atom stereocenters. The van der Waals surface area contributed by atoms with E-state index in [1.54, 1.807) is 48.5 Å². The molecule has 0 saturated heterocycles. The third-order valence-corrected chi connectivity index (χ3v) is 3.69. The van der Waals surface area contributed by atoms with Gasteiger partial charge in [0.2, 0.25) is 0 Å². The molecule has 3 N–H and O–H groups in total. The van der Waals surface area contributed by atoms with E-state index in [2.05, 4.69) is 16.0 Å². The fourth-order valence-electron chi connectivity index (χ4n) is 2.27. The Morgan fingerprint density at radius 2 is 1.59 bits per heavy atom. The summed E-state index contributed by atoms with van der Waals surface area (Å²) in [5.74, 6) is -1.71. The molecular weight excluding hydrogens is 374 g/mol. The normalized spacial score (nSPS) is 10.2. The number of carbonyl (C=O) groups is 4. The molecule has 0 aliphatic rings. The first-order valence-electron chi connectivity index (χ1n) is 9.07. The van der Waals surface area contributed by atoms with Gasteiger partial charge in [-0.15, -0.1) is 0 Å². The first-order chi connectivity index (χ1) is 13.9. The van der Waals surface area contributed by atoms with Crippen molar-refractivity contribution in [1.82, 2.24) is 10.6 Å². The number of amides is 4. The van der Waals surface area contributed by atoms with Crippen molar-refractivity contribution in [3.05, 3.63) is 65.7 Å². The van der Waals surface area contributed by atoms with Crippen molar-refractivity contribution in [2.45, 2.75) is 13.8 Å². The van der Waals surface area contributed by atoms with E-state index >= 15 is 0 Å². The number of para-hydroxylation sites is 1. The number of benzene rings is 2. The number of ether oxygens (including phenoxy) is 1. The number of imide groups is 1. The number of hydrogen-bond acceptors (Lipinski definition) is 5. The van der Waals surface area contributed by atoms with Crippen LogP contribution in [0, 0.1) is 5.92 Å². The summed E-state index contributed by atoms with van der Waals surface area (Å²) in [6.07, 6.45) is 0. The van der Waals surface area contributed by atoms with Crippen molar-refractivity contribution in [2.75, 3.05) is 18.5 Å². The topological polar surface area (TPSA) is 114 Å². The summed E-state index contributed by atoms with van der Waals surface area (Å²) >= 11 is 0. The standard InChI is InChI=1S/C21H23N3O5/c1-14(2)12-22-21(28)24-18(25)13-29-20(27)16-10-6-7-11-17(16)23-19(26)15-8-4-3-5-9-15/h3-11,14H,12-13H2,1-2H3,(H,23,26)(H2,22,24,25,28). The van der Waals surface area contributed by atoms with E-state index < -0.39 is 24.5 Å². The largest absolute Gasteiger partial charge is 0.452 e. The van der Waals surface area contributed by atoms with Crippen LogP contribution in [0.3, 0.4) is 0 Å². The average molecular weight is 397 g/mol. The van der Waals surface area contributed by atoms with Gasteiger partial charge in [0.15, 0.2) is 6.61 Å². The molecule has 0 aliphatic carbocycles. The zero-order valence-electron chi connectivity index (χ0n) is 16.2. The second kappa shape index (κ2) is 10.6. The Labute approximate surface area is 168 Å². The SMILES string of the molecule is CC(C)CNC(=O)NC(=O)COC(=O)c1ccccc1NC(=O)c1ccccc1. The van der Waals surface area contributed by atoms with Crippen molar-refractivity contribution in [2.24, 2.45) is 5.92 Å². The molecule has 0 saturated carbocycles. The van der Waals surface area contributed by atoms with Crippen molar-refractivity contribution >= 4 is 29.5 Å². The Kier molecular flexibility index (Phi) is 7.90. The number of anilines is 1. The average Bonchev–Trinajstić information content (AvgIpc) is 2.71. The molecule has 4 amide bonds. The van der Waals surface area contributed by atoms with Crippen molar-refractivity contribution in [3.63, 3.8) is 0 Å². The van der Waals surface area contributed by atoms with Crippen molar-refractivity contribution in [1.29, 1.82) is 0 Å². The summed E-state index contributed by atoms with van der Waals surface area (Å²) in [5.41, 5.74) is 0.776. The minimum atomic E-state index is -0.799. The van der Waals surface area contributed by atoms with Crippen LogP contribution in [0.1, 0.15) is 34.6 Å². The molecule has 29 heavy (non-hydrogen) atoms. The smallest absolute Gasteiger partial charge is 0.340 e. The quantitative estimate of drug-likeness (QED) is 0.622. The number of carbonyl (C=O) groups excluding carboxylic acids is 4. The first kappa shape index (κ1) is 21.6.